The molecular formula is C13H11N5O2. The molecule has 2 N–H and O–H groups in total. The van der Waals surface area contributed by atoms with E-state index >= 15 is 0 Å². The molecule has 1 aromatic carbocycles. The fourth-order valence-electron chi connectivity index (χ4n) is 2.21. The normalized spacial score (nSPS) is 12.8. The number of anilines is 1. The topological polar surface area (TPSA) is 85.0 Å². The Labute approximate surface area is 114 Å². The summed E-state index contributed by atoms with van der Waals surface area (Å²) in [6.07, 6.45) is 3.09. The van der Waals surface area contributed by atoms with Crippen molar-refractivity contribution in [2.45, 2.75) is 6.54 Å². The summed E-state index contributed by atoms with van der Waals surface area (Å²) in [5, 5.41) is 3.26. The van der Waals surface area contributed by atoms with Gasteiger partial charge in [-0.05, 0) is 6.07 Å². The van der Waals surface area contributed by atoms with Gasteiger partial charge in [-0.2, -0.15) is 0 Å². The number of imidazole rings is 1. The van der Waals surface area contributed by atoms with Crippen molar-refractivity contribution in [1.82, 2.24) is 19.9 Å². The molecule has 0 bridgehead atoms. The minimum absolute atomic E-state index is 0.268. The Morgan fingerprint density at radius 1 is 1.20 bits per heavy atom. The summed E-state index contributed by atoms with van der Waals surface area (Å²) >= 11 is 0. The first-order chi connectivity index (χ1) is 9.92. The lowest BCUT2D eigenvalue weighted by atomic mass is 10.2. The zero-order valence-electron chi connectivity index (χ0n) is 10.5. The highest BCUT2D eigenvalue weighted by Gasteiger charge is 2.17. The van der Waals surface area contributed by atoms with Crippen LogP contribution >= 0.6 is 0 Å². The number of benzene rings is 1. The predicted molar refractivity (Wildman–Crippen MR) is 71.6 cm³/mol. The number of fused-ring (bicyclic) bond motifs is 2. The number of ether oxygens (including phenoxy) is 2. The van der Waals surface area contributed by atoms with Crippen LogP contribution in [0, 0.1) is 0 Å². The number of hydrogen-bond acceptors (Lipinski definition) is 6. The molecule has 0 aliphatic carbocycles. The van der Waals surface area contributed by atoms with Crippen LogP contribution in [0.3, 0.4) is 0 Å². The second-order valence-electron chi connectivity index (χ2n) is 4.33. The highest BCUT2D eigenvalue weighted by atomic mass is 16.7. The summed E-state index contributed by atoms with van der Waals surface area (Å²) < 4.78 is 10.8. The Bertz CT molecular complexity index is 770. The van der Waals surface area contributed by atoms with E-state index in [1.807, 2.05) is 18.2 Å². The van der Waals surface area contributed by atoms with Crippen molar-refractivity contribution in [3.63, 3.8) is 0 Å². The molecule has 7 nitrogen and oxygen atoms in total. The van der Waals surface area contributed by atoms with Crippen molar-refractivity contribution in [2.24, 2.45) is 0 Å². The Morgan fingerprint density at radius 2 is 2.20 bits per heavy atom. The number of aromatic amines is 1. The fraction of sp³-hybridized carbons (Fsp3) is 0.154. The highest BCUT2D eigenvalue weighted by molar-refractivity contribution is 5.81. The van der Waals surface area contributed by atoms with E-state index in [0.717, 1.165) is 22.6 Å². The monoisotopic (exact) mass is 269 g/mol. The van der Waals surface area contributed by atoms with Gasteiger partial charge in [0, 0.05) is 12.1 Å². The summed E-state index contributed by atoms with van der Waals surface area (Å²) in [7, 11) is 0. The van der Waals surface area contributed by atoms with E-state index < -0.39 is 0 Å². The first-order valence-corrected chi connectivity index (χ1v) is 6.17. The van der Waals surface area contributed by atoms with Gasteiger partial charge in [-0.15, -0.1) is 0 Å². The van der Waals surface area contributed by atoms with Gasteiger partial charge in [0.15, 0.2) is 23.0 Å². The molecule has 0 spiro atoms. The van der Waals surface area contributed by atoms with E-state index in [9.17, 15) is 0 Å². The van der Waals surface area contributed by atoms with Gasteiger partial charge in [0.05, 0.1) is 6.33 Å². The molecule has 1 aliphatic heterocycles. The highest BCUT2D eigenvalue weighted by Crippen LogP contribution is 2.35. The van der Waals surface area contributed by atoms with Gasteiger partial charge in [0.25, 0.3) is 0 Å². The third-order valence-electron chi connectivity index (χ3n) is 3.15. The van der Waals surface area contributed by atoms with Crippen LogP contribution in [-0.2, 0) is 6.54 Å². The molecule has 2 aromatic heterocycles. The molecule has 3 heterocycles. The van der Waals surface area contributed by atoms with E-state index in [0.29, 0.717) is 18.0 Å². The fourth-order valence-corrected chi connectivity index (χ4v) is 2.21. The van der Waals surface area contributed by atoms with E-state index in [1.165, 1.54) is 6.33 Å². The van der Waals surface area contributed by atoms with Crippen molar-refractivity contribution in [1.29, 1.82) is 0 Å². The predicted octanol–water partition coefficient (Wildman–Crippen LogP) is 1.69. The lowest BCUT2D eigenvalue weighted by Gasteiger charge is -2.08. The van der Waals surface area contributed by atoms with Gasteiger partial charge < -0.3 is 19.8 Å². The maximum absolute atomic E-state index is 5.48. The summed E-state index contributed by atoms with van der Waals surface area (Å²) in [5.74, 6) is 2.28. The van der Waals surface area contributed by atoms with Gasteiger partial charge in [-0.25, -0.2) is 15.0 Å². The molecule has 4 rings (SSSR count). The Kier molecular flexibility index (Phi) is 2.41. The van der Waals surface area contributed by atoms with E-state index in [-0.39, 0.29) is 6.79 Å². The SMILES string of the molecule is c1cc(CNc2ncnc3nc[nH]c23)c2c(c1)OCO2. The zero-order chi connectivity index (χ0) is 13.4. The van der Waals surface area contributed by atoms with Gasteiger partial charge in [-0.3, -0.25) is 0 Å². The van der Waals surface area contributed by atoms with Crippen molar-refractivity contribution in [2.75, 3.05) is 12.1 Å². The number of para-hydroxylation sites is 1. The third kappa shape index (κ3) is 1.71. The molecule has 0 saturated carbocycles. The first kappa shape index (κ1) is 11.0. The van der Waals surface area contributed by atoms with Crippen LogP contribution in [0.1, 0.15) is 5.56 Å². The molecule has 0 atom stereocenters. The van der Waals surface area contributed by atoms with Crippen LogP contribution in [0.2, 0.25) is 0 Å². The average Bonchev–Trinajstić information content (AvgIpc) is 3.13. The molecule has 0 saturated heterocycles. The number of aromatic nitrogens is 4. The summed E-state index contributed by atoms with van der Waals surface area (Å²) in [6, 6.07) is 5.83. The number of nitrogens with zero attached hydrogens (tertiary/aromatic N) is 3. The molecule has 3 aromatic rings. The minimum atomic E-state index is 0.268. The van der Waals surface area contributed by atoms with Crippen LogP contribution in [0.15, 0.2) is 30.9 Å². The maximum atomic E-state index is 5.48. The van der Waals surface area contributed by atoms with Crippen molar-refractivity contribution in [3.8, 4) is 11.5 Å². The quantitative estimate of drug-likeness (QED) is 0.752. The maximum Gasteiger partial charge on any atom is 0.231 e. The van der Waals surface area contributed by atoms with Crippen LogP contribution in [0.25, 0.3) is 11.2 Å². The minimum Gasteiger partial charge on any atom is -0.454 e. The van der Waals surface area contributed by atoms with Gasteiger partial charge in [-0.1, -0.05) is 12.1 Å². The van der Waals surface area contributed by atoms with E-state index in [2.05, 4.69) is 25.3 Å². The molecule has 0 fully saturated rings. The van der Waals surface area contributed by atoms with Gasteiger partial charge >= 0.3 is 0 Å². The molecule has 1 aliphatic rings. The summed E-state index contributed by atoms with van der Waals surface area (Å²) in [4.78, 5) is 15.4. The molecule has 100 valence electrons. The van der Waals surface area contributed by atoms with Gasteiger partial charge in [0.2, 0.25) is 6.79 Å². The second kappa shape index (κ2) is 4.37. The molecule has 0 radical (unpaired) electrons. The standard InChI is InChI=1S/C13H11N5O2/c1-2-8(11-9(3-1)19-7-20-11)4-14-12-10-13(16-5-15-10)18-6-17-12/h1-3,5-6H,4,7H2,(H2,14,15,16,17,18). The molecular weight excluding hydrogens is 258 g/mol. The summed E-state index contributed by atoms with van der Waals surface area (Å²) in [5.41, 5.74) is 2.45. The number of hydrogen-bond donors (Lipinski definition) is 2. The number of nitrogens with one attached hydrogen (secondary N) is 2. The second-order valence-corrected chi connectivity index (χ2v) is 4.33. The molecule has 0 amide bonds. The lowest BCUT2D eigenvalue weighted by Crippen LogP contribution is -2.03. The third-order valence-corrected chi connectivity index (χ3v) is 3.15. The van der Waals surface area contributed by atoms with E-state index in [4.69, 9.17) is 9.47 Å². The van der Waals surface area contributed by atoms with Crippen LogP contribution in [0.5, 0.6) is 11.5 Å². The first-order valence-electron chi connectivity index (χ1n) is 6.17. The van der Waals surface area contributed by atoms with Crippen LogP contribution < -0.4 is 14.8 Å². The largest absolute Gasteiger partial charge is 0.454 e. The van der Waals surface area contributed by atoms with Crippen LogP contribution in [-0.4, -0.2) is 26.7 Å². The molecule has 7 heteroatoms. The van der Waals surface area contributed by atoms with Crippen molar-refractivity contribution < 1.29 is 9.47 Å². The van der Waals surface area contributed by atoms with Crippen LogP contribution in [0.4, 0.5) is 5.82 Å². The molecule has 20 heavy (non-hydrogen) atoms. The molecule has 0 unspecified atom stereocenters. The Balaban J connectivity index is 1.62. The zero-order valence-corrected chi connectivity index (χ0v) is 10.5. The Hall–Kier alpha value is -2.83. The van der Waals surface area contributed by atoms with Crippen molar-refractivity contribution >= 4 is 17.0 Å². The number of H-pyrrole nitrogens is 1. The number of rotatable bonds is 3. The van der Waals surface area contributed by atoms with E-state index in [1.54, 1.807) is 6.33 Å². The lowest BCUT2D eigenvalue weighted by molar-refractivity contribution is 0.173. The summed E-state index contributed by atoms with van der Waals surface area (Å²) in [6.45, 7) is 0.850. The Morgan fingerprint density at radius 3 is 3.20 bits per heavy atom. The van der Waals surface area contributed by atoms with Gasteiger partial charge in [0.1, 0.15) is 11.8 Å². The smallest absolute Gasteiger partial charge is 0.231 e. The average molecular weight is 269 g/mol. The van der Waals surface area contributed by atoms with Crippen molar-refractivity contribution in [3.05, 3.63) is 36.4 Å².